The van der Waals surface area contributed by atoms with Crippen LogP contribution in [0.1, 0.15) is 59.5 Å². The fourth-order valence-corrected chi connectivity index (χ4v) is 5.26. The second kappa shape index (κ2) is 10.0. The number of nitrogens with zero attached hydrogens (tertiary/aromatic N) is 6. The SMILES string of the molecule is COc1nc(N(C)C)ncc1-c1cc2c(n1C(C)C)C(c1ccc(C#N)cc1)N(C1=CCC(=O)C(Cl)=C1)C2=O. The third-order valence-corrected chi connectivity index (χ3v) is 7.16. The van der Waals surface area contributed by atoms with Crippen molar-refractivity contribution in [3.63, 3.8) is 0 Å². The Morgan fingerprint density at radius 2 is 1.90 bits per heavy atom. The molecule has 1 unspecified atom stereocenters. The van der Waals surface area contributed by atoms with Gasteiger partial charge in [0.25, 0.3) is 5.91 Å². The van der Waals surface area contributed by atoms with Crippen molar-refractivity contribution in [3.05, 3.63) is 81.8 Å². The molecule has 0 bridgehead atoms. The molecule has 39 heavy (non-hydrogen) atoms. The smallest absolute Gasteiger partial charge is 0.261 e. The zero-order valence-electron chi connectivity index (χ0n) is 22.3. The lowest BCUT2D eigenvalue weighted by Crippen LogP contribution is -2.30. The number of anilines is 1. The highest BCUT2D eigenvalue weighted by Gasteiger charge is 2.44. The number of ketones is 1. The summed E-state index contributed by atoms with van der Waals surface area (Å²) in [5.41, 5.74) is 4.62. The number of amides is 1. The Morgan fingerprint density at radius 3 is 2.49 bits per heavy atom. The van der Waals surface area contributed by atoms with Gasteiger partial charge in [-0.05, 0) is 43.7 Å². The molecular formula is C29H27ClN6O3. The maximum absolute atomic E-state index is 14.1. The minimum Gasteiger partial charge on any atom is -0.480 e. The summed E-state index contributed by atoms with van der Waals surface area (Å²) in [7, 11) is 5.26. The average Bonchev–Trinajstić information content (AvgIpc) is 3.45. The summed E-state index contributed by atoms with van der Waals surface area (Å²) in [6.45, 7) is 4.09. The van der Waals surface area contributed by atoms with E-state index in [-0.39, 0.29) is 29.2 Å². The maximum Gasteiger partial charge on any atom is 0.261 e. The van der Waals surface area contributed by atoms with Crippen LogP contribution in [-0.2, 0) is 4.79 Å². The lowest BCUT2D eigenvalue weighted by molar-refractivity contribution is -0.114. The standard InChI is InChI=1S/C29H27ClN6O3/c1-16(2)35-23(21-15-32-29(34(3)4)33-27(21)39-5)13-20-26(35)25(18-8-6-17(14-31)7-9-18)36(28(20)38)19-10-11-24(37)22(30)12-19/h6-10,12-13,15-16,25H,11H2,1-5H3. The van der Waals surface area contributed by atoms with Crippen molar-refractivity contribution in [2.24, 2.45) is 0 Å². The minimum atomic E-state index is -0.524. The molecule has 0 radical (unpaired) electrons. The van der Waals surface area contributed by atoms with Crippen LogP contribution in [0.15, 0.2) is 59.4 Å². The van der Waals surface area contributed by atoms with Gasteiger partial charge < -0.3 is 14.2 Å². The van der Waals surface area contributed by atoms with Gasteiger partial charge in [-0.1, -0.05) is 29.8 Å². The molecule has 2 aromatic heterocycles. The van der Waals surface area contributed by atoms with Crippen LogP contribution in [0.5, 0.6) is 5.88 Å². The molecule has 1 atom stereocenters. The van der Waals surface area contributed by atoms with Gasteiger partial charge in [0.2, 0.25) is 11.8 Å². The van der Waals surface area contributed by atoms with Gasteiger partial charge in [0.15, 0.2) is 5.78 Å². The quantitative estimate of drug-likeness (QED) is 0.432. The van der Waals surface area contributed by atoms with Gasteiger partial charge in [0, 0.05) is 38.5 Å². The topological polar surface area (TPSA) is 104 Å². The van der Waals surface area contributed by atoms with E-state index in [4.69, 9.17) is 16.3 Å². The van der Waals surface area contributed by atoms with Gasteiger partial charge in [-0.2, -0.15) is 10.2 Å². The van der Waals surface area contributed by atoms with Crippen molar-refractivity contribution < 1.29 is 14.3 Å². The molecule has 9 nitrogen and oxygen atoms in total. The second-order valence-electron chi connectivity index (χ2n) is 9.84. The van der Waals surface area contributed by atoms with E-state index in [0.29, 0.717) is 34.2 Å². The second-order valence-corrected chi connectivity index (χ2v) is 10.2. The summed E-state index contributed by atoms with van der Waals surface area (Å²) < 4.78 is 7.75. The van der Waals surface area contributed by atoms with Crippen LogP contribution in [-0.4, -0.2) is 52.3 Å². The predicted octanol–water partition coefficient (Wildman–Crippen LogP) is 5.00. The number of carbonyl (C=O) groups is 2. The summed E-state index contributed by atoms with van der Waals surface area (Å²) in [6.07, 6.45) is 5.10. The van der Waals surface area contributed by atoms with Gasteiger partial charge in [0.1, 0.15) is 6.04 Å². The van der Waals surface area contributed by atoms with Crippen LogP contribution >= 0.6 is 11.6 Å². The van der Waals surface area contributed by atoms with Gasteiger partial charge >= 0.3 is 0 Å². The molecule has 1 amide bonds. The lowest BCUT2D eigenvalue weighted by atomic mass is 10.0. The molecule has 5 rings (SSSR count). The summed E-state index contributed by atoms with van der Waals surface area (Å²) in [5.74, 6) is 0.494. The molecule has 0 fully saturated rings. The van der Waals surface area contributed by atoms with Crippen LogP contribution in [0, 0.1) is 11.3 Å². The predicted molar refractivity (Wildman–Crippen MR) is 148 cm³/mol. The monoisotopic (exact) mass is 542 g/mol. The van der Waals surface area contributed by atoms with E-state index in [1.807, 2.05) is 46.1 Å². The Morgan fingerprint density at radius 1 is 1.18 bits per heavy atom. The third kappa shape index (κ3) is 4.37. The first-order chi connectivity index (χ1) is 18.7. The molecule has 0 saturated carbocycles. The molecule has 10 heteroatoms. The minimum absolute atomic E-state index is 0.0448. The first kappa shape index (κ1) is 26.2. The highest BCUT2D eigenvalue weighted by Crippen LogP contribution is 2.47. The average molecular weight is 543 g/mol. The van der Waals surface area contributed by atoms with E-state index < -0.39 is 6.04 Å². The molecule has 0 spiro atoms. The maximum atomic E-state index is 14.1. The number of halogens is 1. The van der Waals surface area contributed by atoms with Crippen LogP contribution in [0.4, 0.5) is 5.95 Å². The number of methoxy groups -OCH3 is 1. The Hall–Kier alpha value is -4.42. The first-order valence-electron chi connectivity index (χ1n) is 12.4. The van der Waals surface area contributed by atoms with Crippen molar-refractivity contribution in [2.45, 2.75) is 32.4 Å². The van der Waals surface area contributed by atoms with Crippen molar-refractivity contribution in [1.82, 2.24) is 19.4 Å². The number of Topliss-reactive ketones (excluding diaryl/α,β-unsaturated/α-hetero) is 1. The number of nitriles is 1. The number of carbonyl (C=O) groups excluding carboxylic acids is 2. The molecule has 2 aliphatic rings. The molecule has 198 valence electrons. The van der Waals surface area contributed by atoms with Crippen molar-refractivity contribution in [2.75, 3.05) is 26.1 Å². The Bertz CT molecular complexity index is 1590. The highest BCUT2D eigenvalue weighted by molar-refractivity contribution is 6.43. The zero-order chi connectivity index (χ0) is 28.0. The van der Waals surface area contributed by atoms with Crippen LogP contribution < -0.4 is 9.64 Å². The third-order valence-electron chi connectivity index (χ3n) is 6.84. The molecule has 1 aliphatic heterocycles. The molecule has 3 aromatic rings. The molecule has 3 heterocycles. The number of aromatic nitrogens is 3. The van der Waals surface area contributed by atoms with Crippen LogP contribution in [0.25, 0.3) is 11.3 Å². The Kier molecular flexibility index (Phi) is 6.74. The van der Waals surface area contributed by atoms with Gasteiger partial charge in [-0.25, -0.2) is 4.98 Å². The van der Waals surface area contributed by atoms with Crippen molar-refractivity contribution in [1.29, 1.82) is 5.26 Å². The summed E-state index contributed by atoms with van der Waals surface area (Å²) >= 11 is 6.22. The summed E-state index contributed by atoms with van der Waals surface area (Å²) in [4.78, 5) is 38.7. The lowest BCUT2D eigenvalue weighted by Gasteiger charge is -2.30. The largest absolute Gasteiger partial charge is 0.480 e. The van der Waals surface area contributed by atoms with E-state index >= 15 is 0 Å². The molecule has 1 aromatic carbocycles. The fourth-order valence-electron chi connectivity index (χ4n) is 5.07. The first-order valence-corrected chi connectivity index (χ1v) is 12.8. The number of hydrogen-bond donors (Lipinski definition) is 0. The van der Waals surface area contributed by atoms with Crippen LogP contribution in [0.2, 0.25) is 0 Å². The normalized spacial score (nSPS) is 16.7. The van der Waals surface area contributed by atoms with Crippen LogP contribution in [0.3, 0.4) is 0 Å². The van der Waals surface area contributed by atoms with Gasteiger partial charge in [-0.3, -0.25) is 14.5 Å². The number of fused-ring (bicyclic) bond motifs is 1. The van der Waals surface area contributed by atoms with E-state index in [1.165, 1.54) is 0 Å². The number of benzene rings is 1. The molecule has 0 saturated heterocycles. The number of ether oxygens (including phenoxy) is 1. The van der Waals surface area contributed by atoms with Crippen molar-refractivity contribution >= 4 is 29.2 Å². The number of rotatable bonds is 6. The Balaban J connectivity index is 1.75. The number of hydrogen-bond acceptors (Lipinski definition) is 7. The van der Waals surface area contributed by atoms with E-state index in [9.17, 15) is 14.9 Å². The van der Waals surface area contributed by atoms with Gasteiger partial charge in [-0.15, -0.1) is 0 Å². The summed E-state index contributed by atoms with van der Waals surface area (Å²) in [6, 6.07) is 10.6. The summed E-state index contributed by atoms with van der Waals surface area (Å²) in [5, 5.41) is 9.43. The van der Waals surface area contributed by atoms with E-state index in [0.717, 1.165) is 17.0 Å². The van der Waals surface area contributed by atoms with E-state index in [1.54, 1.807) is 47.4 Å². The number of allylic oxidation sites excluding steroid dienone is 3. The fraction of sp³-hybridized carbons (Fsp3) is 0.276. The Labute approximate surface area is 231 Å². The molecule has 0 N–H and O–H groups in total. The molecule has 1 aliphatic carbocycles. The highest BCUT2D eigenvalue weighted by atomic mass is 35.5. The molecular weight excluding hydrogens is 516 g/mol. The zero-order valence-corrected chi connectivity index (χ0v) is 23.0. The van der Waals surface area contributed by atoms with Crippen molar-refractivity contribution in [3.8, 4) is 23.2 Å². The van der Waals surface area contributed by atoms with Gasteiger partial charge in [0.05, 0.1) is 46.3 Å². The van der Waals surface area contributed by atoms with E-state index in [2.05, 4.69) is 20.6 Å².